The van der Waals surface area contributed by atoms with Crippen LogP contribution in [0, 0.1) is 0 Å². The summed E-state index contributed by atoms with van der Waals surface area (Å²) in [6.07, 6.45) is 3.20. The van der Waals surface area contributed by atoms with Crippen molar-refractivity contribution in [2.24, 2.45) is 0 Å². The van der Waals surface area contributed by atoms with Crippen molar-refractivity contribution in [3.63, 3.8) is 0 Å². The number of hydrogen-bond acceptors (Lipinski definition) is 6. The Morgan fingerprint density at radius 1 is 0.920 bits per heavy atom. The Balaban J connectivity index is 2.03. The molecule has 0 aliphatic rings. The Morgan fingerprint density at radius 2 is 1.60 bits per heavy atom. The van der Waals surface area contributed by atoms with E-state index < -0.39 is 17.2 Å². The fourth-order valence-electron chi connectivity index (χ4n) is 2.52. The molecule has 1 aromatic heterocycles. The molecule has 0 spiro atoms. The van der Waals surface area contributed by atoms with Gasteiger partial charge in [0.1, 0.15) is 11.3 Å². The zero-order valence-corrected chi connectivity index (χ0v) is 13.3. The fourth-order valence-corrected chi connectivity index (χ4v) is 2.52. The topological polar surface area (TPSA) is 111 Å². The van der Waals surface area contributed by atoms with Gasteiger partial charge in [-0.05, 0) is 55.0 Å². The molecule has 3 aromatic rings. The minimum absolute atomic E-state index is 0.0322. The number of hydrogen-bond donors (Lipinski definition) is 4. The minimum Gasteiger partial charge on any atom is -0.506 e. The molecule has 6 nitrogen and oxygen atoms in total. The van der Waals surface area contributed by atoms with E-state index in [1.54, 1.807) is 30.4 Å². The van der Waals surface area contributed by atoms with E-state index in [0.29, 0.717) is 27.7 Å². The maximum Gasteiger partial charge on any atom is 0.200 e. The van der Waals surface area contributed by atoms with E-state index in [9.17, 15) is 25.2 Å². The average molecular weight is 337 g/mol. The number of aromatic hydroxyl groups is 4. The first-order chi connectivity index (χ1) is 11.9. The molecule has 25 heavy (non-hydrogen) atoms. The lowest BCUT2D eigenvalue weighted by atomic mass is 10.0. The van der Waals surface area contributed by atoms with E-state index in [1.165, 1.54) is 25.1 Å². The van der Waals surface area contributed by atoms with Crippen LogP contribution in [0.4, 0.5) is 0 Å². The number of ketones is 1. The summed E-state index contributed by atoms with van der Waals surface area (Å²) in [5, 5.41) is 38.9. The highest BCUT2D eigenvalue weighted by Gasteiger charge is 2.10. The molecule has 0 aliphatic heterocycles. The second-order valence-electron chi connectivity index (χ2n) is 5.56. The van der Waals surface area contributed by atoms with E-state index in [-0.39, 0.29) is 11.5 Å². The number of aromatic nitrogens is 1. The van der Waals surface area contributed by atoms with Crippen molar-refractivity contribution in [3.8, 4) is 23.0 Å². The summed E-state index contributed by atoms with van der Waals surface area (Å²) in [4.78, 5) is 16.0. The molecule has 0 amide bonds. The van der Waals surface area contributed by atoms with Crippen LogP contribution in [0.1, 0.15) is 28.5 Å². The van der Waals surface area contributed by atoms with Gasteiger partial charge in [-0.1, -0.05) is 6.08 Å². The number of Topliss-reactive ketones (excluding diaryl/α,β-unsaturated/α-hetero) is 1. The Bertz CT molecular complexity index is 1000. The number of carbonyl (C=O) groups excluding carboxylic acids is 1. The highest BCUT2D eigenvalue weighted by Crippen LogP contribution is 2.36. The smallest absolute Gasteiger partial charge is 0.200 e. The number of fused-ring (bicyclic) bond motifs is 1. The molecule has 0 aliphatic carbocycles. The molecule has 0 saturated carbocycles. The Morgan fingerprint density at radius 3 is 2.24 bits per heavy atom. The number of phenolic OH excluding ortho intramolecular Hbond substituents is 4. The summed E-state index contributed by atoms with van der Waals surface area (Å²) in [6.45, 7) is 1.45. The summed E-state index contributed by atoms with van der Waals surface area (Å²) in [5.74, 6) is -1.60. The van der Waals surface area contributed by atoms with Crippen molar-refractivity contribution in [3.05, 3.63) is 53.2 Å². The SMILES string of the molecule is CC(=O)c1ccc(O)c2nc(/C=C/c3cc(O)c(O)c(O)c3)ccc12. The second kappa shape index (κ2) is 6.16. The molecular weight excluding hydrogens is 322 g/mol. The second-order valence-corrected chi connectivity index (χ2v) is 5.56. The van der Waals surface area contributed by atoms with E-state index in [2.05, 4.69) is 4.98 Å². The van der Waals surface area contributed by atoms with Crippen molar-refractivity contribution in [2.75, 3.05) is 0 Å². The monoisotopic (exact) mass is 337 g/mol. The number of benzene rings is 2. The molecule has 0 atom stereocenters. The molecule has 3 rings (SSSR count). The molecule has 1 heterocycles. The zero-order chi connectivity index (χ0) is 18.1. The lowest BCUT2D eigenvalue weighted by Crippen LogP contribution is -1.95. The maximum atomic E-state index is 11.7. The van der Waals surface area contributed by atoms with Crippen LogP contribution in [0.3, 0.4) is 0 Å². The van der Waals surface area contributed by atoms with E-state index in [0.717, 1.165) is 0 Å². The number of nitrogens with zero attached hydrogens (tertiary/aromatic N) is 1. The third-order valence-electron chi connectivity index (χ3n) is 3.78. The van der Waals surface area contributed by atoms with E-state index in [4.69, 9.17) is 0 Å². The highest BCUT2D eigenvalue weighted by molar-refractivity contribution is 6.07. The van der Waals surface area contributed by atoms with Gasteiger partial charge in [0.25, 0.3) is 0 Å². The van der Waals surface area contributed by atoms with Crippen LogP contribution in [-0.2, 0) is 0 Å². The number of rotatable bonds is 3. The molecular formula is C19H15NO5. The minimum atomic E-state index is -0.581. The molecule has 4 N–H and O–H groups in total. The largest absolute Gasteiger partial charge is 0.506 e. The molecule has 0 unspecified atom stereocenters. The number of pyridine rings is 1. The maximum absolute atomic E-state index is 11.7. The van der Waals surface area contributed by atoms with Gasteiger partial charge in [-0.25, -0.2) is 4.98 Å². The first-order valence-electron chi connectivity index (χ1n) is 7.43. The van der Waals surface area contributed by atoms with Gasteiger partial charge in [-0.2, -0.15) is 0 Å². The Kier molecular flexibility index (Phi) is 4.02. The van der Waals surface area contributed by atoms with Crippen molar-refractivity contribution >= 4 is 28.8 Å². The molecule has 126 valence electrons. The van der Waals surface area contributed by atoms with Gasteiger partial charge in [-0.3, -0.25) is 4.79 Å². The van der Waals surface area contributed by atoms with Crippen LogP contribution in [0.25, 0.3) is 23.1 Å². The van der Waals surface area contributed by atoms with Crippen molar-refractivity contribution in [1.29, 1.82) is 0 Å². The first kappa shape index (κ1) is 16.3. The van der Waals surface area contributed by atoms with Crippen LogP contribution >= 0.6 is 0 Å². The fraction of sp³-hybridized carbons (Fsp3) is 0.0526. The summed E-state index contributed by atoms with van der Waals surface area (Å²) < 4.78 is 0. The molecule has 0 saturated heterocycles. The molecule has 0 bridgehead atoms. The van der Waals surface area contributed by atoms with Crippen LogP contribution in [0.15, 0.2) is 36.4 Å². The summed E-state index contributed by atoms with van der Waals surface area (Å²) in [5.41, 5.74) is 1.75. The van der Waals surface area contributed by atoms with Crippen LogP contribution in [0.2, 0.25) is 0 Å². The first-order valence-corrected chi connectivity index (χ1v) is 7.43. The van der Waals surface area contributed by atoms with Crippen molar-refractivity contribution < 1.29 is 25.2 Å². The normalized spacial score (nSPS) is 11.2. The molecule has 2 aromatic carbocycles. The van der Waals surface area contributed by atoms with E-state index >= 15 is 0 Å². The van der Waals surface area contributed by atoms with Gasteiger partial charge < -0.3 is 20.4 Å². The molecule has 0 radical (unpaired) electrons. The number of carbonyl (C=O) groups is 1. The third kappa shape index (κ3) is 3.10. The highest BCUT2D eigenvalue weighted by atomic mass is 16.3. The van der Waals surface area contributed by atoms with Crippen molar-refractivity contribution in [2.45, 2.75) is 6.92 Å². The zero-order valence-electron chi connectivity index (χ0n) is 13.3. The predicted octanol–water partition coefficient (Wildman–Crippen LogP) is 3.43. The summed E-state index contributed by atoms with van der Waals surface area (Å²) in [6, 6.07) is 8.94. The average Bonchev–Trinajstić information content (AvgIpc) is 2.58. The van der Waals surface area contributed by atoms with E-state index in [1.807, 2.05) is 0 Å². The van der Waals surface area contributed by atoms with Gasteiger partial charge in [0.15, 0.2) is 23.0 Å². The van der Waals surface area contributed by atoms with Crippen LogP contribution in [0.5, 0.6) is 23.0 Å². The standard InChI is InChI=1S/C19H15NO5/c1-10(21)13-6-7-15(22)18-14(13)5-4-12(20-18)3-2-11-8-16(23)19(25)17(24)9-11/h2-9,22-25H,1H3/b3-2+. The van der Waals surface area contributed by atoms with Gasteiger partial charge in [0.2, 0.25) is 0 Å². The molecule has 6 heteroatoms. The van der Waals surface area contributed by atoms with Gasteiger partial charge in [-0.15, -0.1) is 0 Å². The van der Waals surface area contributed by atoms with Gasteiger partial charge in [0, 0.05) is 10.9 Å². The van der Waals surface area contributed by atoms with Crippen LogP contribution < -0.4 is 0 Å². The Hall–Kier alpha value is -3.54. The van der Waals surface area contributed by atoms with Crippen LogP contribution in [-0.4, -0.2) is 31.2 Å². The van der Waals surface area contributed by atoms with Gasteiger partial charge >= 0.3 is 0 Å². The van der Waals surface area contributed by atoms with Crippen molar-refractivity contribution in [1.82, 2.24) is 4.98 Å². The summed E-state index contributed by atoms with van der Waals surface area (Å²) >= 11 is 0. The quantitative estimate of drug-likeness (QED) is 0.430. The molecule has 0 fully saturated rings. The number of phenols is 4. The van der Waals surface area contributed by atoms with Gasteiger partial charge in [0.05, 0.1) is 5.69 Å². The Labute approximate surface area is 142 Å². The predicted molar refractivity (Wildman–Crippen MR) is 93.8 cm³/mol. The lowest BCUT2D eigenvalue weighted by molar-refractivity contribution is 0.101. The third-order valence-corrected chi connectivity index (χ3v) is 3.78. The summed E-state index contributed by atoms with van der Waals surface area (Å²) in [7, 11) is 0. The lowest BCUT2D eigenvalue weighted by Gasteiger charge is -2.06.